The summed E-state index contributed by atoms with van der Waals surface area (Å²) < 4.78 is 10.3. The molecular weight excluding hydrogens is 244 g/mol. The molecular formula is C14H14N2O3. The van der Waals surface area contributed by atoms with Gasteiger partial charge in [0, 0.05) is 6.20 Å². The Hall–Kier alpha value is -2.56. The monoisotopic (exact) mass is 258 g/mol. The van der Waals surface area contributed by atoms with Gasteiger partial charge in [0.25, 0.3) is 0 Å². The Bertz CT molecular complexity index is 611. The van der Waals surface area contributed by atoms with Crippen molar-refractivity contribution in [2.45, 2.75) is 6.92 Å². The first kappa shape index (κ1) is 12.9. The number of nitrogens with zero attached hydrogens (tertiary/aromatic N) is 1. The summed E-state index contributed by atoms with van der Waals surface area (Å²) in [5.41, 5.74) is 7.37. The van der Waals surface area contributed by atoms with Crippen LogP contribution >= 0.6 is 0 Å². The number of rotatable bonds is 3. The minimum Gasteiger partial charge on any atom is -0.465 e. The first-order valence-corrected chi connectivity index (χ1v) is 5.69. The Morgan fingerprint density at radius 1 is 1.26 bits per heavy atom. The lowest BCUT2D eigenvalue weighted by Crippen LogP contribution is -2.03. The standard InChI is InChI=1S/C14H14N2O3/c1-9-12(4-3-7-16-9)19-13-6-5-10(8-11(13)15)14(17)18-2/h3-8H,15H2,1-2H3. The molecule has 0 saturated heterocycles. The van der Waals surface area contributed by atoms with E-state index in [1.807, 2.05) is 6.92 Å². The Morgan fingerprint density at radius 2 is 2.05 bits per heavy atom. The van der Waals surface area contributed by atoms with E-state index in [4.69, 9.17) is 10.5 Å². The molecule has 1 heterocycles. The highest BCUT2D eigenvalue weighted by molar-refractivity contribution is 5.90. The minimum absolute atomic E-state index is 0.367. The lowest BCUT2D eigenvalue weighted by molar-refractivity contribution is 0.0601. The van der Waals surface area contributed by atoms with Crippen molar-refractivity contribution < 1.29 is 14.3 Å². The number of nitrogens with two attached hydrogens (primary N) is 1. The molecule has 0 radical (unpaired) electrons. The van der Waals surface area contributed by atoms with Gasteiger partial charge >= 0.3 is 5.97 Å². The molecule has 1 aromatic heterocycles. The molecule has 5 heteroatoms. The highest BCUT2D eigenvalue weighted by atomic mass is 16.5. The number of pyridine rings is 1. The molecule has 2 aromatic rings. The number of anilines is 1. The number of hydrogen-bond donors (Lipinski definition) is 1. The normalized spacial score (nSPS) is 10.0. The van der Waals surface area contributed by atoms with E-state index in [0.717, 1.165) is 5.69 Å². The van der Waals surface area contributed by atoms with Gasteiger partial charge < -0.3 is 15.2 Å². The number of nitrogen functional groups attached to an aromatic ring is 1. The number of carbonyl (C=O) groups is 1. The van der Waals surface area contributed by atoms with Gasteiger partial charge in [0.15, 0.2) is 0 Å². The predicted octanol–water partition coefficient (Wildman–Crippen LogP) is 2.55. The van der Waals surface area contributed by atoms with Crippen LogP contribution in [-0.4, -0.2) is 18.1 Å². The van der Waals surface area contributed by atoms with E-state index >= 15 is 0 Å². The maximum atomic E-state index is 11.4. The third-order valence-corrected chi connectivity index (χ3v) is 2.61. The molecule has 1 aromatic carbocycles. The van der Waals surface area contributed by atoms with Gasteiger partial charge in [-0.05, 0) is 37.3 Å². The zero-order chi connectivity index (χ0) is 13.8. The lowest BCUT2D eigenvalue weighted by atomic mass is 10.2. The second-order valence-electron chi connectivity index (χ2n) is 3.93. The molecule has 0 atom stereocenters. The van der Waals surface area contributed by atoms with Crippen molar-refractivity contribution in [1.29, 1.82) is 0 Å². The summed E-state index contributed by atoms with van der Waals surface area (Å²) >= 11 is 0. The van der Waals surface area contributed by atoms with Crippen molar-refractivity contribution >= 4 is 11.7 Å². The fraction of sp³-hybridized carbons (Fsp3) is 0.143. The highest BCUT2D eigenvalue weighted by Crippen LogP contribution is 2.29. The van der Waals surface area contributed by atoms with Crippen molar-refractivity contribution in [2.75, 3.05) is 12.8 Å². The van der Waals surface area contributed by atoms with Crippen LogP contribution in [0.4, 0.5) is 5.69 Å². The molecule has 0 fully saturated rings. The summed E-state index contributed by atoms with van der Waals surface area (Å²) in [5.74, 6) is 0.666. The van der Waals surface area contributed by atoms with Crippen LogP contribution in [0.2, 0.25) is 0 Å². The zero-order valence-corrected chi connectivity index (χ0v) is 10.7. The molecule has 2 rings (SSSR count). The number of ether oxygens (including phenoxy) is 2. The molecule has 0 unspecified atom stereocenters. The maximum absolute atomic E-state index is 11.4. The van der Waals surface area contributed by atoms with E-state index in [0.29, 0.717) is 22.7 Å². The molecule has 0 aliphatic rings. The molecule has 0 aliphatic carbocycles. The van der Waals surface area contributed by atoms with Crippen LogP contribution in [0, 0.1) is 6.92 Å². The fourth-order valence-electron chi connectivity index (χ4n) is 1.58. The Morgan fingerprint density at radius 3 is 2.68 bits per heavy atom. The van der Waals surface area contributed by atoms with Crippen LogP contribution in [-0.2, 0) is 4.74 Å². The van der Waals surface area contributed by atoms with Crippen LogP contribution in [0.15, 0.2) is 36.5 Å². The first-order chi connectivity index (χ1) is 9.11. The quantitative estimate of drug-likeness (QED) is 0.676. The van der Waals surface area contributed by atoms with Gasteiger partial charge in [0.2, 0.25) is 0 Å². The highest BCUT2D eigenvalue weighted by Gasteiger charge is 2.10. The van der Waals surface area contributed by atoms with E-state index in [1.54, 1.807) is 30.5 Å². The average Bonchev–Trinajstić information content (AvgIpc) is 2.42. The van der Waals surface area contributed by atoms with Gasteiger partial charge in [-0.1, -0.05) is 0 Å². The molecule has 5 nitrogen and oxygen atoms in total. The second kappa shape index (κ2) is 5.39. The van der Waals surface area contributed by atoms with Gasteiger partial charge in [0.1, 0.15) is 11.5 Å². The Kier molecular flexibility index (Phi) is 3.66. The summed E-state index contributed by atoms with van der Waals surface area (Å²) in [6, 6.07) is 8.33. The fourth-order valence-corrected chi connectivity index (χ4v) is 1.58. The second-order valence-corrected chi connectivity index (χ2v) is 3.93. The number of carbonyl (C=O) groups excluding carboxylic acids is 1. The maximum Gasteiger partial charge on any atom is 0.337 e. The van der Waals surface area contributed by atoms with E-state index in [9.17, 15) is 4.79 Å². The van der Waals surface area contributed by atoms with Crippen LogP contribution in [0.3, 0.4) is 0 Å². The van der Waals surface area contributed by atoms with Crippen LogP contribution < -0.4 is 10.5 Å². The van der Waals surface area contributed by atoms with Gasteiger partial charge in [0.05, 0.1) is 24.1 Å². The van der Waals surface area contributed by atoms with Crippen molar-refractivity contribution in [3.8, 4) is 11.5 Å². The van der Waals surface area contributed by atoms with Crippen molar-refractivity contribution in [1.82, 2.24) is 4.98 Å². The molecule has 0 aliphatic heterocycles. The van der Waals surface area contributed by atoms with Crippen molar-refractivity contribution in [2.24, 2.45) is 0 Å². The number of benzene rings is 1. The van der Waals surface area contributed by atoms with Gasteiger partial charge in [-0.2, -0.15) is 0 Å². The van der Waals surface area contributed by atoms with E-state index < -0.39 is 5.97 Å². The summed E-state index contributed by atoms with van der Waals surface area (Å²) in [7, 11) is 1.32. The number of hydrogen-bond acceptors (Lipinski definition) is 5. The average molecular weight is 258 g/mol. The number of methoxy groups -OCH3 is 1. The lowest BCUT2D eigenvalue weighted by Gasteiger charge is -2.10. The summed E-state index contributed by atoms with van der Waals surface area (Å²) in [5, 5.41) is 0. The summed E-state index contributed by atoms with van der Waals surface area (Å²) in [6.45, 7) is 1.84. The van der Waals surface area contributed by atoms with Crippen molar-refractivity contribution in [3.05, 3.63) is 47.8 Å². The van der Waals surface area contributed by atoms with Gasteiger partial charge in [-0.25, -0.2) is 4.79 Å². The van der Waals surface area contributed by atoms with Gasteiger partial charge in [-0.15, -0.1) is 0 Å². The zero-order valence-electron chi connectivity index (χ0n) is 10.7. The van der Waals surface area contributed by atoms with Crippen LogP contribution in [0.25, 0.3) is 0 Å². The summed E-state index contributed by atoms with van der Waals surface area (Å²) in [6.07, 6.45) is 1.69. The van der Waals surface area contributed by atoms with Crippen LogP contribution in [0.5, 0.6) is 11.5 Å². The number of aromatic nitrogens is 1. The Balaban J connectivity index is 2.27. The van der Waals surface area contributed by atoms with E-state index in [-0.39, 0.29) is 0 Å². The van der Waals surface area contributed by atoms with Crippen LogP contribution in [0.1, 0.15) is 16.1 Å². The van der Waals surface area contributed by atoms with E-state index in [1.165, 1.54) is 13.2 Å². The smallest absolute Gasteiger partial charge is 0.337 e. The molecule has 98 valence electrons. The molecule has 0 amide bonds. The minimum atomic E-state index is -0.434. The topological polar surface area (TPSA) is 74.4 Å². The number of esters is 1. The molecule has 0 spiro atoms. The first-order valence-electron chi connectivity index (χ1n) is 5.69. The predicted molar refractivity (Wildman–Crippen MR) is 71.2 cm³/mol. The van der Waals surface area contributed by atoms with E-state index in [2.05, 4.69) is 9.72 Å². The molecule has 0 saturated carbocycles. The largest absolute Gasteiger partial charge is 0.465 e. The summed E-state index contributed by atoms with van der Waals surface area (Å²) in [4.78, 5) is 15.5. The molecule has 2 N–H and O–H groups in total. The van der Waals surface area contributed by atoms with Crippen molar-refractivity contribution in [3.63, 3.8) is 0 Å². The molecule has 0 bridgehead atoms. The third-order valence-electron chi connectivity index (χ3n) is 2.61. The number of aryl methyl sites for hydroxylation is 1. The SMILES string of the molecule is COC(=O)c1ccc(Oc2cccnc2C)c(N)c1. The third kappa shape index (κ3) is 2.82. The Labute approximate surface area is 111 Å². The van der Waals surface area contributed by atoms with Gasteiger partial charge in [-0.3, -0.25) is 4.98 Å². The molecule has 19 heavy (non-hydrogen) atoms.